The number of hydrogen-bond acceptors (Lipinski definition) is 7. The highest BCUT2D eigenvalue weighted by Crippen LogP contribution is 2.21. The molecule has 0 aliphatic carbocycles. The van der Waals surface area contributed by atoms with Gasteiger partial charge in [-0.3, -0.25) is 25.0 Å². The van der Waals surface area contributed by atoms with E-state index in [1.165, 1.54) is 42.5 Å². The van der Waals surface area contributed by atoms with Crippen molar-refractivity contribution in [3.63, 3.8) is 0 Å². The highest BCUT2D eigenvalue weighted by molar-refractivity contribution is 5.95. The van der Waals surface area contributed by atoms with Crippen molar-refractivity contribution < 1.29 is 24.2 Å². The lowest BCUT2D eigenvalue weighted by Gasteiger charge is -2.08. The maximum absolute atomic E-state index is 11.9. The second kappa shape index (κ2) is 9.03. The summed E-state index contributed by atoms with van der Waals surface area (Å²) in [6.07, 6.45) is 2.35. The van der Waals surface area contributed by atoms with Crippen molar-refractivity contribution in [2.45, 2.75) is 6.92 Å². The molecule has 10 nitrogen and oxygen atoms in total. The Bertz CT molecular complexity index is 969. The van der Waals surface area contributed by atoms with Gasteiger partial charge in [-0.05, 0) is 24.1 Å². The molecule has 2 aromatic carbocycles. The number of ether oxygens (including phenoxy) is 1. The first-order chi connectivity index (χ1) is 13.3. The second-order valence-electron chi connectivity index (χ2n) is 5.60. The van der Waals surface area contributed by atoms with Gasteiger partial charge in [0.15, 0.2) is 6.61 Å². The van der Waals surface area contributed by atoms with E-state index in [1.807, 2.05) is 0 Å². The van der Waals surface area contributed by atoms with Crippen LogP contribution in [0, 0.1) is 27.2 Å². The van der Waals surface area contributed by atoms with E-state index in [4.69, 9.17) is 4.74 Å². The highest BCUT2D eigenvalue weighted by atomic mass is 16.6. The number of benzene rings is 2. The van der Waals surface area contributed by atoms with Crippen molar-refractivity contribution in [1.82, 2.24) is 0 Å². The second-order valence-corrected chi connectivity index (χ2v) is 5.60. The van der Waals surface area contributed by atoms with Crippen LogP contribution in [-0.2, 0) is 14.3 Å². The summed E-state index contributed by atoms with van der Waals surface area (Å²) in [5.74, 6) is -1.49. The van der Waals surface area contributed by atoms with E-state index in [0.29, 0.717) is 11.1 Å². The molecule has 1 amide bonds. The molecule has 28 heavy (non-hydrogen) atoms. The largest absolute Gasteiger partial charge is 0.452 e. The molecule has 0 aromatic heterocycles. The van der Waals surface area contributed by atoms with E-state index < -0.39 is 28.3 Å². The smallest absolute Gasteiger partial charge is 0.331 e. The maximum Gasteiger partial charge on any atom is 0.331 e. The molecule has 10 heteroatoms. The lowest BCUT2D eigenvalue weighted by Crippen LogP contribution is -2.20. The Morgan fingerprint density at radius 3 is 2.43 bits per heavy atom. The van der Waals surface area contributed by atoms with Crippen LogP contribution < -0.4 is 5.32 Å². The van der Waals surface area contributed by atoms with Gasteiger partial charge in [-0.25, -0.2) is 4.79 Å². The average molecular weight is 385 g/mol. The first-order valence-electron chi connectivity index (χ1n) is 7.90. The van der Waals surface area contributed by atoms with E-state index in [-0.39, 0.29) is 17.1 Å². The molecule has 0 heterocycles. The molecule has 0 aliphatic heterocycles. The fourth-order valence-electron chi connectivity index (χ4n) is 2.14. The molecule has 0 saturated carbocycles. The molecule has 0 radical (unpaired) electrons. The number of hydrogen-bond donors (Lipinski definition) is 1. The quantitative estimate of drug-likeness (QED) is 0.334. The Kier molecular flexibility index (Phi) is 6.53. The Hall–Kier alpha value is -4.08. The number of nitrogens with zero attached hydrogens (tertiary/aromatic N) is 2. The van der Waals surface area contributed by atoms with E-state index >= 15 is 0 Å². The molecular weight excluding hydrogens is 370 g/mol. The third-order valence-corrected chi connectivity index (χ3v) is 3.54. The Balaban J connectivity index is 1.91. The van der Waals surface area contributed by atoms with Crippen LogP contribution in [0.1, 0.15) is 11.1 Å². The van der Waals surface area contributed by atoms with Crippen LogP contribution in [0.4, 0.5) is 17.1 Å². The van der Waals surface area contributed by atoms with Gasteiger partial charge in [0.05, 0.1) is 15.5 Å². The van der Waals surface area contributed by atoms with E-state index in [1.54, 1.807) is 13.0 Å². The lowest BCUT2D eigenvalue weighted by molar-refractivity contribution is -0.385. The van der Waals surface area contributed by atoms with Gasteiger partial charge in [0.2, 0.25) is 0 Å². The molecule has 0 bridgehead atoms. The number of rotatable bonds is 7. The molecule has 0 unspecified atom stereocenters. The van der Waals surface area contributed by atoms with Crippen molar-refractivity contribution >= 4 is 35.0 Å². The molecule has 2 aromatic rings. The van der Waals surface area contributed by atoms with Gasteiger partial charge in [0.1, 0.15) is 0 Å². The van der Waals surface area contributed by atoms with Crippen LogP contribution in [0.15, 0.2) is 48.5 Å². The molecule has 1 N–H and O–H groups in total. The number of amides is 1. The van der Waals surface area contributed by atoms with Crippen molar-refractivity contribution in [2.24, 2.45) is 0 Å². The number of nitro groups is 2. The fraction of sp³-hybridized carbons (Fsp3) is 0.111. The Labute approximate surface area is 158 Å². The lowest BCUT2D eigenvalue weighted by atomic mass is 10.2. The van der Waals surface area contributed by atoms with Crippen LogP contribution >= 0.6 is 0 Å². The fourth-order valence-corrected chi connectivity index (χ4v) is 2.14. The minimum Gasteiger partial charge on any atom is -0.452 e. The maximum atomic E-state index is 11.9. The van der Waals surface area contributed by atoms with Crippen LogP contribution in [0.2, 0.25) is 0 Å². The van der Waals surface area contributed by atoms with Gasteiger partial charge < -0.3 is 10.1 Å². The predicted octanol–water partition coefficient (Wildman–Crippen LogP) is 3.01. The predicted molar refractivity (Wildman–Crippen MR) is 99.6 cm³/mol. The summed E-state index contributed by atoms with van der Waals surface area (Å²) < 4.78 is 4.79. The topological polar surface area (TPSA) is 142 Å². The molecule has 2 rings (SSSR count). The van der Waals surface area contributed by atoms with Crippen LogP contribution in [0.25, 0.3) is 6.08 Å². The SMILES string of the molecule is Cc1ccc([N+](=O)[O-])cc1NC(=O)COC(=O)/C=C/c1cccc([N+](=O)[O-])c1. The van der Waals surface area contributed by atoms with Crippen molar-refractivity contribution in [3.8, 4) is 0 Å². The zero-order valence-corrected chi connectivity index (χ0v) is 14.7. The van der Waals surface area contributed by atoms with E-state index in [0.717, 1.165) is 6.08 Å². The molecule has 144 valence electrons. The minimum atomic E-state index is -0.822. The van der Waals surface area contributed by atoms with Gasteiger partial charge in [0.25, 0.3) is 17.3 Å². The first kappa shape index (κ1) is 20.2. The monoisotopic (exact) mass is 385 g/mol. The first-order valence-corrected chi connectivity index (χ1v) is 7.90. The number of anilines is 1. The summed E-state index contributed by atoms with van der Waals surface area (Å²) in [5.41, 5.74) is 0.959. The summed E-state index contributed by atoms with van der Waals surface area (Å²) >= 11 is 0. The molecule has 0 saturated heterocycles. The van der Waals surface area contributed by atoms with Gasteiger partial charge in [0, 0.05) is 30.3 Å². The summed E-state index contributed by atoms with van der Waals surface area (Å²) in [6.45, 7) is 1.06. The van der Waals surface area contributed by atoms with Gasteiger partial charge in [-0.1, -0.05) is 18.2 Å². The molecule has 0 spiro atoms. The number of non-ortho nitro benzene ring substituents is 2. The number of carbonyl (C=O) groups excluding carboxylic acids is 2. The van der Waals surface area contributed by atoms with Crippen LogP contribution in [0.5, 0.6) is 0 Å². The van der Waals surface area contributed by atoms with Crippen LogP contribution in [0.3, 0.4) is 0 Å². The Morgan fingerprint density at radius 2 is 1.75 bits per heavy atom. The van der Waals surface area contributed by atoms with Crippen molar-refractivity contribution in [1.29, 1.82) is 0 Å². The zero-order chi connectivity index (χ0) is 20.7. The van der Waals surface area contributed by atoms with Gasteiger partial charge in [-0.15, -0.1) is 0 Å². The normalized spacial score (nSPS) is 10.5. The molecule has 0 fully saturated rings. The number of esters is 1. The number of nitrogens with one attached hydrogen (secondary N) is 1. The molecule has 0 atom stereocenters. The summed E-state index contributed by atoms with van der Waals surface area (Å²) in [4.78, 5) is 43.9. The zero-order valence-electron chi connectivity index (χ0n) is 14.7. The third kappa shape index (κ3) is 5.73. The summed E-state index contributed by atoms with van der Waals surface area (Å²) in [5, 5.41) is 23.9. The van der Waals surface area contributed by atoms with Gasteiger partial charge >= 0.3 is 5.97 Å². The third-order valence-electron chi connectivity index (χ3n) is 3.54. The van der Waals surface area contributed by atoms with Crippen molar-refractivity contribution in [3.05, 3.63) is 79.9 Å². The summed E-state index contributed by atoms with van der Waals surface area (Å²) in [6, 6.07) is 9.63. The van der Waals surface area contributed by atoms with Gasteiger partial charge in [-0.2, -0.15) is 0 Å². The summed E-state index contributed by atoms with van der Waals surface area (Å²) in [7, 11) is 0. The number of nitro benzene ring substituents is 2. The van der Waals surface area contributed by atoms with E-state index in [2.05, 4.69) is 5.32 Å². The standard InChI is InChI=1S/C18H15N3O7/c1-12-5-7-15(21(26)27)10-16(12)19-17(22)11-28-18(23)8-6-13-3-2-4-14(9-13)20(24)25/h2-10H,11H2,1H3,(H,19,22)/b8-6+. The number of carbonyl (C=O) groups is 2. The Morgan fingerprint density at radius 1 is 1.07 bits per heavy atom. The molecule has 0 aliphatic rings. The molecular formula is C18H15N3O7. The van der Waals surface area contributed by atoms with E-state index in [9.17, 15) is 29.8 Å². The minimum absolute atomic E-state index is 0.123. The highest BCUT2D eigenvalue weighted by Gasteiger charge is 2.12. The van der Waals surface area contributed by atoms with Crippen LogP contribution in [-0.4, -0.2) is 28.3 Å². The van der Waals surface area contributed by atoms with Crippen molar-refractivity contribution in [2.75, 3.05) is 11.9 Å². The number of aryl methyl sites for hydroxylation is 1. The average Bonchev–Trinajstić information content (AvgIpc) is 2.66.